The van der Waals surface area contributed by atoms with Crippen LogP contribution in [0, 0.1) is 0 Å². The highest BCUT2D eigenvalue weighted by molar-refractivity contribution is 6.07. The van der Waals surface area contributed by atoms with Crippen LogP contribution in [0.5, 0.6) is 0 Å². The van der Waals surface area contributed by atoms with E-state index >= 15 is 0 Å². The summed E-state index contributed by atoms with van der Waals surface area (Å²) in [6.07, 6.45) is 3.55. The average Bonchev–Trinajstić information content (AvgIpc) is 3.54. The molecule has 0 saturated carbocycles. The molecule has 2 amide bonds. The molecule has 0 radical (unpaired) electrons. The molecule has 0 saturated heterocycles. The fourth-order valence-electron chi connectivity index (χ4n) is 4.40. The van der Waals surface area contributed by atoms with Gasteiger partial charge in [-0.05, 0) is 61.4 Å². The van der Waals surface area contributed by atoms with Gasteiger partial charge in [-0.25, -0.2) is 0 Å². The van der Waals surface area contributed by atoms with Crippen molar-refractivity contribution < 1.29 is 18.4 Å². The van der Waals surface area contributed by atoms with Crippen molar-refractivity contribution in [2.45, 2.75) is 25.4 Å². The number of carbonyl (C=O) groups is 2. The Morgan fingerprint density at radius 1 is 0.844 bits per heavy atom. The molecule has 1 aliphatic rings. The molecule has 0 bridgehead atoms. The Hall–Kier alpha value is -4.06. The Kier molecular flexibility index (Phi) is 5.11. The maximum absolute atomic E-state index is 13.6. The highest BCUT2D eigenvalue weighted by Crippen LogP contribution is 2.43. The molecule has 0 unspecified atom stereocenters. The number of hydrogen-bond acceptors (Lipinski definition) is 4. The first-order chi connectivity index (χ1) is 15.6. The van der Waals surface area contributed by atoms with Gasteiger partial charge in [-0.3, -0.25) is 14.5 Å². The Morgan fingerprint density at radius 2 is 1.50 bits per heavy atom. The van der Waals surface area contributed by atoms with Gasteiger partial charge in [0, 0.05) is 17.4 Å². The average molecular weight is 426 g/mol. The van der Waals surface area contributed by atoms with E-state index in [1.165, 1.54) is 12.5 Å². The Morgan fingerprint density at radius 3 is 2.19 bits per heavy atom. The predicted molar refractivity (Wildman–Crippen MR) is 121 cm³/mol. The SMILES string of the molecule is C[C@H]1C[C@@H](N(C(=O)c2ccco2)c2ccccc2)c2ccccc2N1C(=O)c1ccco1. The molecule has 0 fully saturated rings. The number of nitrogens with zero attached hydrogens (tertiary/aromatic N) is 2. The summed E-state index contributed by atoms with van der Waals surface area (Å²) in [5.74, 6) is 0.140. The normalized spacial score (nSPS) is 17.6. The minimum absolute atomic E-state index is 0.164. The second-order valence-electron chi connectivity index (χ2n) is 7.80. The van der Waals surface area contributed by atoms with Crippen LogP contribution in [0.2, 0.25) is 0 Å². The van der Waals surface area contributed by atoms with Gasteiger partial charge in [0.2, 0.25) is 0 Å². The third kappa shape index (κ3) is 3.39. The Bertz CT molecular complexity index is 1220. The van der Waals surface area contributed by atoms with Gasteiger partial charge in [-0.1, -0.05) is 36.4 Å². The van der Waals surface area contributed by atoms with Crippen molar-refractivity contribution in [1.82, 2.24) is 0 Å². The molecule has 0 N–H and O–H groups in total. The van der Waals surface area contributed by atoms with Gasteiger partial charge in [0.1, 0.15) is 0 Å². The zero-order chi connectivity index (χ0) is 22.1. The fraction of sp³-hybridized carbons (Fsp3) is 0.154. The summed E-state index contributed by atoms with van der Waals surface area (Å²) in [5.41, 5.74) is 2.44. The van der Waals surface area contributed by atoms with Gasteiger partial charge in [-0.2, -0.15) is 0 Å². The van der Waals surface area contributed by atoms with E-state index in [9.17, 15) is 9.59 Å². The number of amides is 2. The zero-order valence-electron chi connectivity index (χ0n) is 17.5. The molecule has 6 heteroatoms. The second-order valence-corrected chi connectivity index (χ2v) is 7.80. The van der Waals surface area contributed by atoms with E-state index in [-0.39, 0.29) is 35.4 Å². The maximum atomic E-state index is 13.6. The van der Waals surface area contributed by atoms with Gasteiger partial charge in [0.25, 0.3) is 11.8 Å². The van der Waals surface area contributed by atoms with Crippen LogP contribution >= 0.6 is 0 Å². The van der Waals surface area contributed by atoms with Crippen LogP contribution in [-0.2, 0) is 0 Å². The first-order valence-electron chi connectivity index (χ1n) is 10.5. The molecular formula is C26H22N2O4. The largest absolute Gasteiger partial charge is 0.459 e. The van der Waals surface area contributed by atoms with Crippen LogP contribution in [0.25, 0.3) is 0 Å². The van der Waals surface area contributed by atoms with Crippen molar-refractivity contribution in [3.63, 3.8) is 0 Å². The number of para-hydroxylation sites is 2. The molecule has 4 aromatic rings. The smallest absolute Gasteiger partial charge is 0.294 e. The van der Waals surface area contributed by atoms with Crippen molar-refractivity contribution in [2.75, 3.05) is 9.80 Å². The molecule has 160 valence electrons. The standard InChI is InChI=1S/C26H22N2O4/c1-18-17-22(28(19-9-3-2-4-10-19)26(30)24-14-8-16-32-24)20-11-5-6-12-21(20)27(18)25(29)23-13-7-15-31-23/h2-16,18,22H,17H2,1H3/t18-,22+/m0/s1. The van der Waals surface area contributed by atoms with Crippen LogP contribution in [0.3, 0.4) is 0 Å². The van der Waals surface area contributed by atoms with Crippen LogP contribution in [0.4, 0.5) is 11.4 Å². The van der Waals surface area contributed by atoms with Crippen LogP contribution in [-0.4, -0.2) is 17.9 Å². The second kappa shape index (κ2) is 8.23. The summed E-state index contributed by atoms with van der Waals surface area (Å²) in [7, 11) is 0. The van der Waals surface area contributed by atoms with Crippen LogP contribution in [0.1, 0.15) is 46.1 Å². The van der Waals surface area contributed by atoms with E-state index in [4.69, 9.17) is 8.83 Å². The minimum Gasteiger partial charge on any atom is -0.459 e. The summed E-state index contributed by atoms with van der Waals surface area (Å²) in [6.45, 7) is 1.99. The van der Waals surface area contributed by atoms with Crippen molar-refractivity contribution in [3.8, 4) is 0 Å². The molecular weight excluding hydrogens is 404 g/mol. The predicted octanol–water partition coefficient (Wildman–Crippen LogP) is 5.70. The lowest BCUT2D eigenvalue weighted by Crippen LogP contribution is -2.47. The third-order valence-electron chi connectivity index (χ3n) is 5.81. The van der Waals surface area contributed by atoms with E-state index in [1.807, 2.05) is 61.5 Å². The maximum Gasteiger partial charge on any atom is 0.294 e. The molecule has 6 nitrogen and oxygen atoms in total. The first-order valence-corrected chi connectivity index (χ1v) is 10.5. The van der Waals surface area contributed by atoms with E-state index < -0.39 is 0 Å². The Labute approximate surface area is 185 Å². The lowest BCUT2D eigenvalue weighted by molar-refractivity contribution is 0.0937. The molecule has 5 rings (SSSR count). The summed E-state index contributed by atoms with van der Waals surface area (Å²) in [4.78, 5) is 30.3. The lowest BCUT2D eigenvalue weighted by Gasteiger charge is -2.43. The number of anilines is 2. The quantitative estimate of drug-likeness (QED) is 0.420. The van der Waals surface area contributed by atoms with Crippen LogP contribution in [0.15, 0.2) is 100 Å². The number of hydrogen-bond donors (Lipinski definition) is 0. The molecule has 2 aromatic carbocycles. The highest BCUT2D eigenvalue weighted by Gasteiger charge is 2.40. The van der Waals surface area contributed by atoms with Crippen LogP contribution < -0.4 is 9.80 Å². The molecule has 0 aliphatic carbocycles. The van der Waals surface area contributed by atoms with Gasteiger partial charge in [-0.15, -0.1) is 0 Å². The first kappa shape index (κ1) is 19.9. The molecule has 3 heterocycles. The summed E-state index contributed by atoms with van der Waals surface area (Å²) >= 11 is 0. The molecule has 2 atom stereocenters. The number of furan rings is 2. The van der Waals surface area contributed by atoms with Gasteiger partial charge < -0.3 is 13.7 Å². The Balaban J connectivity index is 1.61. The fourth-order valence-corrected chi connectivity index (χ4v) is 4.40. The summed E-state index contributed by atoms with van der Waals surface area (Å²) in [5, 5.41) is 0. The monoisotopic (exact) mass is 426 g/mol. The molecule has 32 heavy (non-hydrogen) atoms. The van der Waals surface area contributed by atoms with Gasteiger partial charge in [0.05, 0.1) is 18.6 Å². The molecule has 1 aliphatic heterocycles. The van der Waals surface area contributed by atoms with Crippen molar-refractivity contribution in [1.29, 1.82) is 0 Å². The van der Waals surface area contributed by atoms with E-state index in [0.29, 0.717) is 6.42 Å². The number of benzene rings is 2. The summed E-state index contributed by atoms with van der Waals surface area (Å²) in [6, 6.07) is 23.6. The highest BCUT2D eigenvalue weighted by atomic mass is 16.3. The third-order valence-corrected chi connectivity index (χ3v) is 5.81. The van der Waals surface area contributed by atoms with Gasteiger partial charge >= 0.3 is 0 Å². The van der Waals surface area contributed by atoms with Crippen molar-refractivity contribution >= 4 is 23.2 Å². The summed E-state index contributed by atoms with van der Waals surface area (Å²) < 4.78 is 10.8. The number of carbonyl (C=O) groups excluding carboxylic acids is 2. The lowest BCUT2D eigenvalue weighted by atomic mass is 9.89. The molecule has 2 aromatic heterocycles. The number of fused-ring (bicyclic) bond motifs is 1. The van der Waals surface area contributed by atoms with E-state index in [2.05, 4.69) is 0 Å². The van der Waals surface area contributed by atoms with Gasteiger partial charge in [0.15, 0.2) is 11.5 Å². The minimum atomic E-state index is -0.276. The van der Waals surface area contributed by atoms with Crippen molar-refractivity contribution in [2.24, 2.45) is 0 Å². The topological polar surface area (TPSA) is 66.9 Å². The van der Waals surface area contributed by atoms with Crippen molar-refractivity contribution in [3.05, 3.63) is 108 Å². The molecule has 0 spiro atoms. The van der Waals surface area contributed by atoms with E-state index in [1.54, 1.807) is 34.1 Å². The zero-order valence-corrected chi connectivity index (χ0v) is 17.5. The van der Waals surface area contributed by atoms with E-state index in [0.717, 1.165) is 16.9 Å². The number of rotatable bonds is 4.